The van der Waals surface area contributed by atoms with Crippen molar-refractivity contribution in [1.29, 1.82) is 0 Å². The van der Waals surface area contributed by atoms with Crippen molar-refractivity contribution in [2.75, 3.05) is 6.54 Å². The lowest BCUT2D eigenvalue weighted by Gasteiger charge is -2.35. The van der Waals surface area contributed by atoms with E-state index in [0.717, 1.165) is 38.8 Å². The highest BCUT2D eigenvalue weighted by molar-refractivity contribution is 5.95. The number of hydrogen-bond acceptors (Lipinski definition) is 4. The zero-order chi connectivity index (χ0) is 15.4. The highest BCUT2D eigenvalue weighted by Gasteiger charge is 2.29. The van der Waals surface area contributed by atoms with E-state index in [-0.39, 0.29) is 23.4 Å². The Morgan fingerprint density at radius 1 is 1.32 bits per heavy atom. The zero-order valence-electron chi connectivity index (χ0n) is 12.4. The van der Waals surface area contributed by atoms with Crippen molar-refractivity contribution < 1.29 is 9.90 Å². The van der Waals surface area contributed by atoms with E-state index < -0.39 is 0 Å². The van der Waals surface area contributed by atoms with E-state index in [9.17, 15) is 9.90 Å². The maximum atomic E-state index is 12.7. The van der Waals surface area contributed by atoms with Crippen LogP contribution in [0.15, 0.2) is 36.8 Å². The van der Waals surface area contributed by atoms with Gasteiger partial charge in [0.1, 0.15) is 5.75 Å². The number of aryl methyl sites for hydroxylation is 1. The first-order valence-corrected chi connectivity index (χ1v) is 7.68. The summed E-state index contributed by atoms with van der Waals surface area (Å²) in [5.74, 6) is -0.229. The third-order valence-electron chi connectivity index (χ3n) is 4.13. The van der Waals surface area contributed by atoms with Crippen LogP contribution in [-0.2, 0) is 6.54 Å². The van der Waals surface area contributed by atoms with Crippen LogP contribution in [0.1, 0.15) is 36.2 Å². The molecule has 2 aromatic heterocycles. The summed E-state index contributed by atoms with van der Waals surface area (Å²) in [6.45, 7) is 1.51. The standard InChI is InChI=1S/C16H20N4O2/c21-14-6-3-8-17-15(14)16(22)20-11-2-1-5-13(20)7-12-19-10-4-9-18-19/h3-4,6,8-10,13,21H,1-2,5,7,11-12H2. The molecule has 1 aliphatic heterocycles. The van der Waals surface area contributed by atoms with Gasteiger partial charge in [-0.15, -0.1) is 0 Å². The van der Waals surface area contributed by atoms with Gasteiger partial charge in [-0.05, 0) is 43.9 Å². The summed E-state index contributed by atoms with van der Waals surface area (Å²) in [7, 11) is 0. The van der Waals surface area contributed by atoms with Gasteiger partial charge in [0.15, 0.2) is 5.69 Å². The molecule has 3 heterocycles. The molecular weight excluding hydrogens is 280 g/mol. The van der Waals surface area contributed by atoms with Crippen molar-refractivity contribution in [3.63, 3.8) is 0 Å². The number of likely N-dealkylation sites (tertiary alicyclic amines) is 1. The van der Waals surface area contributed by atoms with Crippen LogP contribution in [0.3, 0.4) is 0 Å². The number of nitrogens with zero attached hydrogens (tertiary/aromatic N) is 4. The summed E-state index contributed by atoms with van der Waals surface area (Å²) in [4.78, 5) is 18.6. The van der Waals surface area contributed by atoms with Gasteiger partial charge in [-0.3, -0.25) is 9.48 Å². The number of carbonyl (C=O) groups excluding carboxylic acids is 1. The Morgan fingerprint density at radius 3 is 3.00 bits per heavy atom. The van der Waals surface area contributed by atoms with Gasteiger partial charge in [0, 0.05) is 37.7 Å². The highest BCUT2D eigenvalue weighted by Crippen LogP contribution is 2.24. The minimum Gasteiger partial charge on any atom is -0.505 e. The average molecular weight is 300 g/mol. The van der Waals surface area contributed by atoms with Crippen LogP contribution in [0.25, 0.3) is 0 Å². The van der Waals surface area contributed by atoms with Gasteiger partial charge in [-0.2, -0.15) is 5.10 Å². The van der Waals surface area contributed by atoms with Crippen LogP contribution in [-0.4, -0.2) is 43.3 Å². The molecule has 22 heavy (non-hydrogen) atoms. The van der Waals surface area contributed by atoms with E-state index in [2.05, 4.69) is 10.1 Å². The van der Waals surface area contributed by atoms with Crippen molar-refractivity contribution in [2.24, 2.45) is 0 Å². The van der Waals surface area contributed by atoms with Crippen LogP contribution < -0.4 is 0 Å². The number of carbonyl (C=O) groups is 1. The highest BCUT2D eigenvalue weighted by atomic mass is 16.3. The number of amides is 1. The second-order valence-electron chi connectivity index (χ2n) is 5.58. The fourth-order valence-corrected chi connectivity index (χ4v) is 2.98. The largest absolute Gasteiger partial charge is 0.505 e. The zero-order valence-corrected chi connectivity index (χ0v) is 12.4. The van der Waals surface area contributed by atoms with Crippen molar-refractivity contribution in [3.8, 4) is 5.75 Å². The third kappa shape index (κ3) is 3.10. The number of aromatic hydroxyl groups is 1. The molecule has 1 unspecified atom stereocenters. The first kappa shape index (κ1) is 14.6. The topological polar surface area (TPSA) is 71.2 Å². The van der Waals surface area contributed by atoms with Gasteiger partial charge in [-0.1, -0.05) is 0 Å². The van der Waals surface area contributed by atoms with E-state index in [4.69, 9.17) is 0 Å². The molecule has 6 heteroatoms. The van der Waals surface area contributed by atoms with E-state index >= 15 is 0 Å². The molecule has 0 spiro atoms. The number of hydrogen-bond donors (Lipinski definition) is 1. The minimum atomic E-state index is -0.178. The molecule has 1 saturated heterocycles. The van der Waals surface area contributed by atoms with Crippen molar-refractivity contribution in [1.82, 2.24) is 19.7 Å². The minimum absolute atomic E-state index is 0.0519. The van der Waals surface area contributed by atoms with Crippen molar-refractivity contribution >= 4 is 5.91 Å². The second-order valence-corrected chi connectivity index (χ2v) is 5.58. The molecule has 116 valence electrons. The van der Waals surface area contributed by atoms with Crippen LogP contribution >= 0.6 is 0 Å². The Morgan fingerprint density at radius 2 is 2.23 bits per heavy atom. The molecule has 1 aliphatic rings. The molecule has 1 N–H and O–H groups in total. The Hall–Kier alpha value is -2.37. The smallest absolute Gasteiger partial charge is 0.276 e. The van der Waals surface area contributed by atoms with E-state index in [1.807, 2.05) is 21.8 Å². The summed E-state index contributed by atoms with van der Waals surface area (Å²) in [6, 6.07) is 5.20. The van der Waals surface area contributed by atoms with Gasteiger partial charge in [0.05, 0.1) is 0 Å². The van der Waals surface area contributed by atoms with Gasteiger partial charge in [0.25, 0.3) is 5.91 Å². The van der Waals surface area contributed by atoms with Gasteiger partial charge in [-0.25, -0.2) is 4.98 Å². The van der Waals surface area contributed by atoms with E-state index in [0.29, 0.717) is 0 Å². The van der Waals surface area contributed by atoms with Gasteiger partial charge < -0.3 is 10.0 Å². The van der Waals surface area contributed by atoms with Crippen LogP contribution in [0.5, 0.6) is 5.75 Å². The summed E-state index contributed by atoms with van der Waals surface area (Å²) in [6.07, 6.45) is 9.20. The number of aromatic nitrogens is 3. The van der Waals surface area contributed by atoms with Gasteiger partial charge >= 0.3 is 0 Å². The molecule has 0 radical (unpaired) electrons. The number of pyridine rings is 1. The first-order valence-electron chi connectivity index (χ1n) is 7.68. The lowest BCUT2D eigenvalue weighted by Crippen LogP contribution is -2.44. The number of piperidine rings is 1. The van der Waals surface area contributed by atoms with Crippen LogP contribution in [0, 0.1) is 0 Å². The quantitative estimate of drug-likeness (QED) is 0.938. The molecule has 1 amide bonds. The molecule has 0 aromatic carbocycles. The maximum Gasteiger partial charge on any atom is 0.276 e. The predicted molar refractivity (Wildman–Crippen MR) is 81.4 cm³/mol. The summed E-state index contributed by atoms with van der Waals surface area (Å²) in [5, 5.41) is 14.1. The average Bonchev–Trinajstić information content (AvgIpc) is 3.06. The normalized spacial score (nSPS) is 18.4. The molecule has 0 aliphatic carbocycles. The fraction of sp³-hybridized carbons (Fsp3) is 0.438. The predicted octanol–water partition coefficient (Wildman–Crippen LogP) is 2.07. The SMILES string of the molecule is O=C(c1ncccc1O)N1CCCCC1CCn1cccn1. The molecule has 1 atom stereocenters. The summed E-state index contributed by atoms with van der Waals surface area (Å²) < 4.78 is 1.88. The van der Waals surface area contributed by atoms with Crippen LogP contribution in [0.4, 0.5) is 0 Å². The Bertz CT molecular complexity index is 627. The van der Waals surface area contributed by atoms with Crippen LogP contribution in [0.2, 0.25) is 0 Å². The molecular formula is C16H20N4O2. The molecule has 2 aromatic rings. The Kier molecular flexibility index (Phi) is 4.37. The lowest BCUT2D eigenvalue weighted by molar-refractivity contribution is 0.0584. The van der Waals surface area contributed by atoms with E-state index in [1.165, 1.54) is 12.3 Å². The Balaban J connectivity index is 1.72. The molecule has 0 bridgehead atoms. The number of rotatable bonds is 4. The Labute approximate surface area is 129 Å². The second kappa shape index (κ2) is 6.60. The van der Waals surface area contributed by atoms with E-state index in [1.54, 1.807) is 12.3 Å². The molecule has 3 rings (SSSR count). The molecule has 1 fully saturated rings. The fourth-order valence-electron chi connectivity index (χ4n) is 2.98. The van der Waals surface area contributed by atoms with Crippen molar-refractivity contribution in [2.45, 2.75) is 38.3 Å². The maximum absolute atomic E-state index is 12.7. The summed E-state index contributed by atoms with van der Waals surface area (Å²) >= 11 is 0. The van der Waals surface area contributed by atoms with Crippen molar-refractivity contribution in [3.05, 3.63) is 42.5 Å². The molecule has 0 saturated carbocycles. The summed E-state index contributed by atoms with van der Waals surface area (Å²) in [5.41, 5.74) is 0.147. The lowest BCUT2D eigenvalue weighted by atomic mass is 9.98. The monoisotopic (exact) mass is 300 g/mol. The van der Waals surface area contributed by atoms with Gasteiger partial charge in [0.2, 0.25) is 0 Å². The third-order valence-corrected chi connectivity index (χ3v) is 4.13. The molecule has 6 nitrogen and oxygen atoms in total. The first-order chi connectivity index (χ1) is 10.8.